The van der Waals surface area contributed by atoms with E-state index in [9.17, 15) is 14.4 Å². The predicted octanol–water partition coefficient (Wildman–Crippen LogP) is 4.24. The molecule has 0 saturated carbocycles. The van der Waals surface area contributed by atoms with Gasteiger partial charge in [0, 0.05) is 24.0 Å². The zero-order valence-electron chi connectivity index (χ0n) is 21.6. The number of nitrogens with one attached hydrogen (secondary N) is 2. The molecular formula is C29H30N4O4. The summed E-state index contributed by atoms with van der Waals surface area (Å²) in [5.41, 5.74) is 6.02. The third-order valence-electron chi connectivity index (χ3n) is 6.15. The van der Waals surface area contributed by atoms with Crippen LogP contribution in [0.2, 0.25) is 0 Å². The highest BCUT2D eigenvalue weighted by Gasteiger charge is 2.29. The maximum Gasteiger partial charge on any atom is 0.337 e. The normalized spacial score (nSPS) is 13.6. The summed E-state index contributed by atoms with van der Waals surface area (Å²) in [6.45, 7) is 2.26. The molecule has 0 saturated heterocycles. The minimum absolute atomic E-state index is 0.00791. The Morgan fingerprint density at radius 2 is 1.68 bits per heavy atom. The molecule has 8 heteroatoms. The summed E-state index contributed by atoms with van der Waals surface area (Å²) in [5.74, 6) is -0.752. The van der Waals surface area contributed by atoms with E-state index in [0.29, 0.717) is 34.6 Å². The number of methoxy groups -OCH3 is 1. The van der Waals surface area contributed by atoms with Gasteiger partial charge < -0.3 is 25.2 Å². The van der Waals surface area contributed by atoms with Crippen LogP contribution in [0.3, 0.4) is 0 Å². The van der Waals surface area contributed by atoms with Crippen LogP contribution in [0, 0.1) is 6.92 Å². The number of fused-ring (bicyclic) bond motifs is 1. The second-order valence-corrected chi connectivity index (χ2v) is 9.14. The van der Waals surface area contributed by atoms with Crippen molar-refractivity contribution in [2.45, 2.75) is 6.92 Å². The Morgan fingerprint density at radius 3 is 2.32 bits per heavy atom. The number of nitrogens with zero attached hydrogens (tertiary/aromatic N) is 2. The lowest BCUT2D eigenvalue weighted by molar-refractivity contribution is -0.119. The first-order chi connectivity index (χ1) is 17.7. The zero-order chi connectivity index (χ0) is 26.7. The SMILES string of the molecule is COC(=O)c1ccc2c(c1)NC(=O)/C2=C(/Nc1ccc(N(C)C(=O)CN(C)C)c(C)c1)c1ccccc1. The van der Waals surface area contributed by atoms with E-state index in [1.54, 1.807) is 30.1 Å². The topological polar surface area (TPSA) is 91.0 Å². The van der Waals surface area contributed by atoms with Gasteiger partial charge in [-0.2, -0.15) is 0 Å². The Morgan fingerprint density at radius 1 is 0.946 bits per heavy atom. The van der Waals surface area contributed by atoms with Gasteiger partial charge in [-0.15, -0.1) is 0 Å². The summed E-state index contributed by atoms with van der Waals surface area (Å²) >= 11 is 0. The number of anilines is 3. The third kappa shape index (κ3) is 5.39. The molecule has 1 heterocycles. The molecule has 0 aliphatic carbocycles. The Hall–Kier alpha value is -4.43. The summed E-state index contributed by atoms with van der Waals surface area (Å²) in [5, 5.41) is 6.31. The van der Waals surface area contributed by atoms with Crippen LogP contribution in [-0.2, 0) is 14.3 Å². The van der Waals surface area contributed by atoms with Gasteiger partial charge in [0.15, 0.2) is 0 Å². The van der Waals surface area contributed by atoms with Gasteiger partial charge in [-0.3, -0.25) is 9.59 Å². The minimum Gasteiger partial charge on any atom is -0.465 e. The van der Waals surface area contributed by atoms with Gasteiger partial charge in [0.1, 0.15) is 0 Å². The van der Waals surface area contributed by atoms with Gasteiger partial charge >= 0.3 is 5.97 Å². The fourth-order valence-corrected chi connectivity index (χ4v) is 4.31. The molecule has 1 aliphatic heterocycles. The molecule has 0 aromatic heterocycles. The minimum atomic E-state index is -0.472. The van der Waals surface area contributed by atoms with Crippen LogP contribution in [0.5, 0.6) is 0 Å². The lowest BCUT2D eigenvalue weighted by Gasteiger charge is -2.22. The van der Waals surface area contributed by atoms with Crippen molar-refractivity contribution in [3.05, 3.63) is 89.0 Å². The summed E-state index contributed by atoms with van der Waals surface area (Å²) in [4.78, 5) is 41.2. The van der Waals surface area contributed by atoms with Gasteiger partial charge in [-0.1, -0.05) is 36.4 Å². The Bertz CT molecular complexity index is 1400. The maximum absolute atomic E-state index is 13.2. The smallest absolute Gasteiger partial charge is 0.337 e. The maximum atomic E-state index is 13.2. The standard InChI is InChI=1S/C29H30N4O4/c1-18-15-21(12-14-24(18)33(4)25(34)17-32(2)3)30-27(19-9-7-6-8-10-19)26-22-13-11-20(29(36)37-5)16-23(22)31-28(26)35/h6-16,30H,17H2,1-5H3,(H,31,35)/b27-26+. The fraction of sp³-hybridized carbons (Fsp3) is 0.207. The summed E-state index contributed by atoms with van der Waals surface area (Å²) < 4.78 is 4.81. The Balaban J connectivity index is 1.75. The van der Waals surface area contributed by atoms with Crippen LogP contribution >= 0.6 is 0 Å². The zero-order valence-corrected chi connectivity index (χ0v) is 21.6. The lowest BCUT2D eigenvalue weighted by Crippen LogP contribution is -2.35. The Kier molecular flexibility index (Phi) is 7.40. The van der Waals surface area contributed by atoms with E-state index in [-0.39, 0.29) is 11.8 Å². The van der Waals surface area contributed by atoms with Crippen molar-refractivity contribution in [1.29, 1.82) is 0 Å². The summed E-state index contributed by atoms with van der Waals surface area (Å²) in [6, 6.07) is 20.3. The highest BCUT2D eigenvalue weighted by molar-refractivity contribution is 6.37. The van der Waals surface area contributed by atoms with E-state index in [4.69, 9.17) is 4.74 Å². The van der Waals surface area contributed by atoms with Crippen molar-refractivity contribution in [3.8, 4) is 0 Å². The molecule has 0 radical (unpaired) electrons. The number of rotatable bonds is 7. The van der Waals surface area contributed by atoms with Crippen molar-refractivity contribution >= 4 is 46.1 Å². The van der Waals surface area contributed by atoms with Crippen LogP contribution in [0.15, 0.2) is 66.7 Å². The molecule has 3 aromatic rings. The van der Waals surface area contributed by atoms with Crippen LogP contribution in [-0.4, -0.2) is 57.5 Å². The summed E-state index contributed by atoms with van der Waals surface area (Å²) in [7, 11) is 6.80. The van der Waals surface area contributed by atoms with Crippen molar-refractivity contribution in [1.82, 2.24) is 4.90 Å². The molecule has 0 bridgehead atoms. The number of likely N-dealkylation sites (N-methyl/N-ethyl adjacent to an activating group) is 2. The molecule has 8 nitrogen and oxygen atoms in total. The molecule has 37 heavy (non-hydrogen) atoms. The van der Waals surface area contributed by atoms with E-state index in [2.05, 4.69) is 10.6 Å². The van der Waals surface area contributed by atoms with Gasteiger partial charge in [0.25, 0.3) is 5.91 Å². The molecule has 0 unspecified atom stereocenters. The average molecular weight is 499 g/mol. The summed E-state index contributed by atoms with van der Waals surface area (Å²) in [6.07, 6.45) is 0. The van der Waals surface area contributed by atoms with E-state index in [1.165, 1.54) is 7.11 Å². The number of amides is 2. The average Bonchev–Trinajstić information content (AvgIpc) is 3.21. The van der Waals surface area contributed by atoms with E-state index in [1.807, 2.05) is 74.4 Å². The van der Waals surface area contributed by atoms with Crippen LogP contribution in [0.25, 0.3) is 11.3 Å². The van der Waals surface area contributed by atoms with Crippen LogP contribution < -0.4 is 15.5 Å². The van der Waals surface area contributed by atoms with Crippen molar-refractivity contribution in [2.75, 3.05) is 50.3 Å². The molecule has 4 rings (SSSR count). The van der Waals surface area contributed by atoms with Crippen molar-refractivity contribution in [3.63, 3.8) is 0 Å². The molecule has 1 aliphatic rings. The number of carbonyl (C=O) groups excluding carboxylic acids is 3. The lowest BCUT2D eigenvalue weighted by atomic mass is 9.99. The molecule has 0 fully saturated rings. The number of benzene rings is 3. The quantitative estimate of drug-likeness (QED) is 0.374. The van der Waals surface area contributed by atoms with Gasteiger partial charge in [0.2, 0.25) is 5.91 Å². The number of esters is 1. The predicted molar refractivity (Wildman–Crippen MR) is 146 cm³/mol. The number of ether oxygens (including phenoxy) is 1. The van der Waals surface area contributed by atoms with Crippen molar-refractivity contribution in [2.24, 2.45) is 0 Å². The molecule has 0 atom stereocenters. The van der Waals surface area contributed by atoms with Gasteiger partial charge in [-0.05, 0) is 62.5 Å². The molecule has 2 amide bonds. The molecule has 190 valence electrons. The highest BCUT2D eigenvalue weighted by Crippen LogP contribution is 2.38. The number of hydrogen-bond acceptors (Lipinski definition) is 6. The molecular weight excluding hydrogens is 468 g/mol. The van der Waals surface area contributed by atoms with Crippen molar-refractivity contribution < 1.29 is 19.1 Å². The van der Waals surface area contributed by atoms with E-state index in [0.717, 1.165) is 22.5 Å². The van der Waals surface area contributed by atoms with Crippen LogP contribution in [0.4, 0.5) is 17.1 Å². The fourth-order valence-electron chi connectivity index (χ4n) is 4.31. The number of carbonyl (C=O) groups is 3. The second-order valence-electron chi connectivity index (χ2n) is 9.14. The first-order valence-corrected chi connectivity index (χ1v) is 11.8. The highest BCUT2D eigenvalue weighted by atomic mass is 16.5. The molecule has 3 aromatic carbocycles. The first-order valence-electron chi connectivity index (χ1n) is 11.8. The van der Waals surface area contributed by atoms with Crippen LogP contribution in [0.1, 0.15) is 27.0 Å². The Labute approximate surface area is 216 Å². The first kappa shape index (κ1) is 25.7. The van der Waals surface area contributed by atoms with E-state index >= 15 is 0 Å². The second kappa shape index (κ2) is 10.7. The number of aryl methyl sites for hydroxylation is 1. The van der Waals surface area contributed by atoms with E-state index < -0.39 is 5.97 Å². The largest absolute Gasteiger partial charge is 0.465 e. The number of hydrogen-bond donors (Lipinski definition) is 2. The molecule has 2 N–H and O–H groups in total. The monoisotopic (exact) mass is 498 g/mol. The van der Waals surface area contributed by atoms with Gasteiger partial charge in [0.05, 0.1) is 36.2 Å². The third-order valence-corrected chi connectivity index (χ3v) is 6.15. The molecule has 0 spiro atoms. The van der Waals surface area contributed by atoms with Gasteiger partial charge in [-0.25, -0.2) is 4.79 Å².